The van der Waals surface area contributed by atoms with Crippen molar-refractivity contribution in [2.75, 3.05) is 24.9 Å². The number of nitrogens with zero attached hydrogens (tertiary/aromatic N) is 3. The Kier molecular flexibility index (Phi) is 10.4. The van der Waals surface area contributed by atoms with Crippen molar-refractivity contribution in [3.63, 3.8) is 0 Å². The van der Waals surface area contributed by atoms with E-state index in [0.717, 1.165) is 9.87 Å². The number of rotatable bonds is 11. The van der Waals surface area contributed by atoms with E-state index in [9.17, 15) is 22.6 Å². The van der Waals surface area contributed by atoms with Gasteiger partial charge in [-0.05, 0) is 72.1 Å². The van der Waals surface area contributed by atoms with Crippen LogP contribution in [0.2, 0.25) is 10.0 Å². The Balaban J connectivity index is 1.68. The summed E-state index contributed by atoms with van der Waals surface area (Å²) in [5.74, 6) is 0.0741. The summed E-state index contributed by atoms with van der Waals surface area (Å²) in [7, 11) is -1.56. The summed E-state index contributed by atoms with van der Waals surface area (Å²) >= 11 is 12.7. The number of hydrogen-bond donors (Lipinski definition) is 2. The van der Waals surface area contributed by atoms with Gasteiger partial charge in [0.05, 0.1) is 34.8 Å². The van der Waals surface area contributed by atoms with Gasteiger partial charge in [-0.2, -0.15) is 8.42 Å². The van der Waals surface area contributed by atoms with Gasteiger partial charge in [0.25, 0.3) is 5.91 Å². The first-order valence-electron chi connectivity index (χ1n) is 13.1. The van der Waals surface area contributed by atoms with Crippen LogP contribution in [0.1, 0.15) is 27.2 Å². The molecule has 0 saturated carbocycles. The molecule has 0 radical (unpaired) electrons. The van der Waals surface area contributed by atoms with E-state index in [-0.39, 0.29) is 41.1 Å². The molecule has 0 atom stereocenters. The molecular weight excluding hydrogens is 615 g/mol. The third-order valence-corrected chi connectivity index (χ3v) is 7.87. The summed E-state index contributed by atoms with van der Waals surface area (Å²) < 4.78 is 42.2. The molecule has 0 bridgehead atoms. The largest absolute Gasteiger partial charge is 0.467 e. The Hall–Kier alpha value is -4.03. The maximum absolute atomic E-state index is 13.7. The molecule has 0 fully saturated rings. The molecule has 1 heterocycles. The molecule has 4 aromatic rings. The summed E-state index contributed by atoms with van der Waals surface area (Å²) in [4.78, 5) is 28.3. The molecule has 0 saturated heterocycles. The van der Waals surface area contributed by atoms with Crippen LogP contribution in [0.25, 0.3) is 0 Å². The average Bonchev–Trinajstić information content (AvgIpc) is 3.47. The number of amides is 3. The minimum absolute atomic E-state index is 0.0495. The lowest BCUT2D eigenvalue weighted by molar-refractivity contribution is 0.0718. The molecule has 13 heteroatoms. The first-order chi connectivity index (χ1) is 20.4. The van der Waals surface area contributed by atoms with Crippen LogP contribution in [0.4, 0.5) is 16.2 Å². The van der Waals surface area contributed by atoms with E-state index in [1.54, 1.807) is 74.8 Å². The number of anilines is 2. The first kappa shape index (κ1) is 31.9. The molecule has 2 N–H and O–H groups in total. The number of carbonyl (C=O) groups is 2. The summed E-state index contributed by atoms with van der Waals surface area (Å²) in [6, 6.07) is 20.8. The van der Waals surface area contributed by atoms with E-state index in [4.69, 9.17) is 27.6 Å². The molecular formula is C30H30Cl2N4O6S. The molecule has 43 heavy (non-hydrogen) atoms. The Morgan fingerprint density at radius 3 is 2.28 bits per heavy atom. The Bertz CT molecular complexity index is 1680. The Labute approximate surface area is 260 Å². The van der Waals surface area contributed by atoms with Crippen LogP contribution >= 0.6 is 23.2 Å². The van der Waals surface area contributed by atoms with Crippen LogP contribution < -0.4 is 9.62 Å². The van der Waals surface area contributed by atoms with Gasteiger partial charge in [-0.15, -0.1) is 0 Å². The van der Waals surface area contributed by atoms with E-state index in [1.807, 2.05) is 0 Å². The molecule has 0 unspecified atom stereocenters. The molecule has 4 rings (SSSR count). The van der Waals surface area contributed by atoms with Gasteiger partial charge >= 0.3 is 16.3 Å². The monoisotopic (exact) mass is 644 g/mol. The van der Waals surface area contributed by atoms with Crippen LogP contribution in [0, 0.1) is 0 Å². The highest BCUT2D eigenvalue weighted by atomic mass is 35.5. The smallest absolute Gasteiger partial charge is 0.364 e. The van der Waals surface area contributed by atoms with Crippen molar-refractivity contribution in [3.8, 4) is 0 Å². The fraction of sp³-hybridized carbons (Fsp3) is 0.200. The number of urea groups is 1. The van der Waals surface area contributed by atoms with Crippen LogP contribution in [0.5, 0.6) is 0 Å². The molecule has 3 amide bonds. The quantitative estimate of drug-likeness (QED) is 0.188. The molecule has 0 aliphatic heterocycles. The van der Waals surface area contributed by atoms with Gasteiger partial charge in [-0.1, -0.05) is 47.5 Å². The Morgan fingerprint density at radius 1 is 0.930 bits per heavy atom. The van der Waals surface area contributed by atoms with Gasteiger partial charge in [-0.3, -0.25) is 9.35 Å². The molecule has 3 aromatic carbocycles. The van der Waals surface area contributed by atoms with Crippen molar-refractivity contribution in [1.82, 2.24) is 15.1 Å². The molecule has 10 nitrogen and oxygen atoms in total. The molecule has 0 aliphatic carbocycles. The van der Waals surface area contributed by atoms with Crippen LogP contribution in [-0.4, -0.2) is 55.3 Å². The van der Waals surface area contributed by atoms with Crippen LogP contribution in [0.3, 0.4) is 0 Å². The normalized spacial score (nSPS) is 11.2. The highest BCUT2D eigenvalue weighted by Gasteiger charge is 2.27. The average molecular weight is 646 g/mol. The number of hydrogen-bond acceptors (Lipinski definition) is 5. The number of carbonyl (C=O) groups excluding carboxylic acids is 2. The molecule has 0 aliphatic rings. The topological polar surface area (TPSA) is 123 Å². The standard InChI is InChI=1S/C30H30Cl2N4O6S/c1-34(2)30(38)33-16-15-21-9-12-24(13-10-21)36(43(39,40)41)28-14-11-23(31)18-22(28)19-35(20-25-6-5-17-42-25)29(37)26-7-3-4-8-27(26)32/h3-14,17-18H,15-16,19-20H2,1-2H3,(H,33,38)(H,39,40,41). The van der Waals surface area contributed by atoms with Crippen molar-refractivity contribution < 1.29 is 27.0 Å². The van der Waals surface area contributed by atoms with Crippen LogP contribution in [0.15, 0.2) is 89.5 Å². The van der Waals surface area contributed by atoms with Crippen molar-refractivity contribution in [3.05, 3.63) is 118 Å². The zero-order valence-corrected chi connectivity index (χ0v) is 25.7. The van der Waals surface area contributed by atoms with E-state index >= 15 is 0 Å². The van der Waals surface area contributed by atoms with Gasteiger partial charge in [-0.25, -0.2) is 9.10 Å². The third-order valence-electron chi connectivity index (χ3n) is 6.44. The minimum atomic E-state index is -4.84. The minimum Gasteiger partial charge on any atom is -0.467 e. The summed E-state index contributed by atoms with van der Waals surface area (Å²) in [5.41, 5.74) is 1.68. The molecule has 0 spiro atoms. The van der Waals surface area contributed by atoms with Crippen LogP contribution in [-0.2, 0) is 29.8 Å². The zero-order valence-electron chi connectivity index (χ0n) is 23.4. The Morgan fingerprint density at radius 2 is 1.65 bits per heavy atom. The van der Waals surface area contributed by atoms with E-state index < -0.39 is 16.2 Å². The second-order valence-electron chi connectivity index (χ2n) is 9.78. The lowest BCUT2D eigenvalue weighted by Crippen LogP contribution is -2.35. The molecule has 226 valence electrons. The zero-order chi connectivity index (χ0) is 31.1. The lowest BCUT2D eigenvalue weighted by Gasteiger charge is -2.28. The second kappa shape index (κ2) is 14.0. The predicted octanol–water partition coefficient (Wildman–Crippen LogP) is 6.18. The highest BCUT2D eigenvalue weighted by Crippen LogP contribution is 2.34. The summed E-state index contributed by atoms with van der Waals surface area (Å²) in [5, 5.41) is 3.32. The second-order valence-corrected chi connectivity index (χ2v) is 11.9. The van der Waals surface area contributed by atoms with Crippen molar-refractivity contribution >= 4 is 56.8 Å². The maximum Gasteiger partial charge on any atom is 0.364 e. The van der Waals surface area contributed by atoms with Gasteiger partial charge in [0.2, 0.25) is 0 Å². The SMILES string of the molecule is CN(C)C(=O)NCCc1ccc(N(c2ccc(Cl)cc2CN(Cc2ccco2)C(=O)c2ccccc2Cl)S(=O)(=O)O)cc1. The number of halogens is 2. The van der Waals surface area contributed by atoms with Gasteiger partial charge in [0, 0.05) is 32.2 Å². The molecule has 1 aromatic heterocycles. The van der Waals surface area contributed by atoms with E-state index in [0.29, 0.717) is 29.3 Å². The summed E-state index contributed by atoms with van der Waals surface area (Å²) in [6.45, 7) is 0.328. The highest BCUT2D eigenvalue weighted by molar-refractivity contribution is 7.87. The fourth-order valence-corrected chi connectivity index (χ4v) is 5.57. The van der Waals surface area contributed by atoms with Gasteiger partial charge < -0.3 is 19.5 Å². The maximum atomic E-state index is 13.7. The predicted molar refractivity (Wildman–Crippen MR) is 166 cm³/mol. The van der Waals surface area contributed by atoms with E-state index in [2.05, 4.69) is 5.32 Å². The van der Waals surface area contributed by atoms with Gasteiger partial charge in [0.15, 0.2) is 0 Å². The van der Waals surface area contributed by atoms with E-state index in [1.165, 1.54) is 34.3 Å². The lowest BCUT2D eigenvalue weighted by atomic mass is 10.1. The van der Waals surface area contributed by atoms with Crippen molar-refractivity contribution in [2.24, 2.45) is 0 Å². The first-order valence-corrected chi connectivity index (χ1v) is 15.3. The van der Waals surface area contributed by atoms with Crippen molar-refractivity contribution in [1.29, 1.82) is 0 Å². The number of furan rings is 1. The third kappa shape index (κ3) is 8.29. The van der Waals surface area contributed by atoms with Crippen molar-refractivity contribution in [2.45, 2.75) is 19.5 Å². The number of nitrogens with one attached hydrogen (secondary N) is 1. The fourth-order valence-electron chi connectivity index (χ4n) is 4.35. The number of benzene rings is 3. The van der Waals surface area contributed by atoms with Gasteiger partial charge in [0.1, 0.15) is 5.76 Å². The summed E-state index contributed by atoms with van der Waals surface area (Å²) in [6.07, 6.45) is 1.99.